The lowest BCUT2D eigenvalue weighted by Crippen LogP contribution is -2.29. The Kier molecular flexibility index (Phi) is 3.72. The van der Waals surface area contributed by atoms with E-state index < -0.39 is 0 Å². The van der Waals surface area contributed by atoms with Crippen LogP contribution in [0.2, 0.25) is 10.0 Å². The maximum atomic E-state index is 6.40. The van der Waals surface area contributed by atoms with Crippen LogP contribution in [0.1, 0.15) is 44.7 Å². The van der Waals surface area contributed by atoms with Gasteiger partial charge in [-0.25, -0.2) is 0 Å². The van der Waals surface area contributed by atoms with Gasteiger partial charge in [-0.1, -0.05) is 43.5 Å². The fourth-order valence-corrected chi connectivity index (χ4v) is 3.43. The van der Waals surface area contributed by atoms with Gasteiger partial charge in [0.1, 0.15) is 0 Å². The van der Waals surface area contributed by atoms with Crippen molar-refractivity contribution < 1.29 is 0 Å². The average Bonchev–Trinajstić information content (AvgIpc) is 2.61. The summed E-state index contributed by atoms with van der Waals surface area (Å²) in [5.74, 6) is 0.485. The highest BCUT2D eigenvalue weighted by molar-refractivity contribution is 6.33. The monoisotopic (exact) mass is 271 g/mol. The summed E-state index contributed by atoms with van der Waals surface area (Å²) in [4.78, 5) is 0. The molecule has 0 heterocycles. The predicted molar refractivity (Wildman–Crippen MR) is 74.5 cm³/mol. The number of nitrogens with two attached hydrogens (primary N) is 1. The van der Waals surface area contributed by atoms with Crippen molar-refractivity contribution in [3.63, 3.8) is 0 Å². The third kappa shape index (κ3) is 2.62. The first-order chi connectivity index (χ1) is 7.92. The van der Waals surface area contributed by atoms with E-state index in [1.165, 1.54) is 19.3 Å². The zero-order chi connectivity index (χ0) is 12.6. The smallest absolute Gasteiger partial charge is 0.0454 e. The van der Waals surface area contributed by atoms with Crippen LogP contribution in [-0.2, 0) is 0 Å². The average molecular weight is 272 g/mol. The number of hydrogen-bond donors (Lipinski definition) is 1. The summed E-state index contributed by atoms with van der Waals surface area (Å²) in [7, 11) is 0. The van der Waals surface area contributed by atoms with Gasteiger partial charge in [-0.15, -0.1) is 0 Å². The summed E-state index contributed by atoms with van der Waals surface area (Å²) in [6.45, 7) is 4.59. The minimum absolute atomic E-state index is 0.0151. The first kappa shape index (κ1) is 13.2. The van der Waals surface area contributed by atoms with Crippen LogP contribution in [0.5, 0.6) is 0 Å². The molecule has 1 aliphatic carbocycles. The Bertz CT molecular complexity index is 415. The van der Waals surface area contributed by atoms with Crippen LogP contribution in [0, 0.1) is 11.3 Å². The summed E-state index contributed by atoms with van der Waals surface area (Å²) < 4.78 is 0. The van der Waals surface area contributed by atoms with Crippen LogP contribution >= 0.6 is 23.2 Å². The van der Waals surface area contributed by atoms with Gasteiger partial charge in [0.15, 0.2) is 0 Å². The molecule has 0 saturated heterocycles. The van der Waals surface area contributed by atoms with E-state index in [1.54, 1.807) is 6.07 Å². The Morgan fingerprint density at radius 1 is 1.35 bits per heavy atom. The fraction of sp³-hybridized carbons (Fsp3) is 0.571. The Balaban J connectivity index is 2.30. The van der Waals surface area contributed by atoms with E-state index in [0.29, 0.717) is 16.4 Å². The van der Waals surface area contributed by atoms with E-state index in [0.717, 1.165) is 10.6 Å². The lowest BCUT2D eigenvalue weighted by molar-refractivity contribution is 0.222. The number of rotatable bonds is 2. The van der Waals surface area contributed by atoms with E-state index in [9.17, 15) is 0 Å². The van der Waals surface area contributed by atoms with E-state index in [-0.39, 0.29) is 6.04 Å². The second kappa shape index (κ2) is 4.79. The SMILES string of the molecule is CC1(C)CCCC1C(N)c1cc(Cl)ccc1Cl. The summed E-state index contributed by atoms with van der Waals surface area (Å²) in [5, 5.41) is 1.43. The molecule has 94 valence electrons. The van der Waals surface area contributed by atoms with Gasteiger partial charge in [-0.2, -0.15) is 0 Å². The molecule has 1 aromatic carbocycles. The second-order valence-corrected chi connectivity index (χ2v) is 6.52. The van der Waals surface area contributed by atoms with Crippen molar-refractivity contribution in [2.45, 2.75) is 39.2 Å². The molecule has 3 heteroatoms. The molecule has 2 N–H and O–H groups in total. The zero-order valence-electron chi connectivity index (χ0n) is 10.3. The van der Waals surface area contributed by atoms with Gasteiger partial charge in [0.2, 0.25) is 0 Å². The number of benzene rings is 1. The van der Waals surface area contributed by atoms with Crippen LogP contribution in [0.3, 0.4) is 0 Å². The largest absolute Gasteiger partial charge is 0.324 e. The molecule has 0 bridgehead atoms. The van der Waals surface area contributed by atoms with Gasteiger partial charge in [-0.05, 0) is 47.9 Å². The lowest BCUT2D eigenvalue weighted by Gasteiger charge is -2.32. The van der Waals surface area contributed by atoms with Crippen LogP contribution < -0.4 is 5.73 Å². The van der Waals surface area contributed by atoms with E-state index >= 15 is 0 Å². The number of hydrogen-bond acceptors (Lipinski definition) is 1. The van der Waals surface area contributed by atoms with Gasteiger partial charge in [0.05, 0.1) is 0 Å². The summed E-state index contributed by atoms with van der Waals surface area (Å²) in [6.07, 6.45) is 3.67. The molecular formula is C14H19Cl2N. The highest BCUT2D eigenvalue weighted by atomic mass is 35.5. The molecular weight excluding hydrogens is 253 g/mol. The molecule has 1 aromatic rings. The van der Waals surface area contributed by atoms with E-state index in [2.05, 4.69) is 13.8 Å². The molecule has 1 fully saturated rings. The zero-order valence-corrected chi connectivity index (χ0v) is 11.9. The Morgan fingerprint density at radius 3 is 2.65 bits per heavy atom. The van der Waals surface area contributed by atoms with Crippen LogP contribution in [0.25, 0.3) is 0 Å². The third-order valence-electron chi connectivity index (χ3n) is 4.09. The Hall–Kier alpha value is -0.240. The van der Waals surface area contributed by atoms with Gasteiger partial charge >= 0.3 is 0 Å². The lowest BCUT2D eigenvalue weighted by atomic mass is 9.76. The van der Waals surface area contributed by atoms with Gasteiger partial charge in [0, 0.05) is 16.1 Å². The van der Waals surface area contributed by atoms with Crippen molar-refractivity contribution in [1.29, 1.82) is 0 Å². The Labute approximate surface area is 113 Å². The van der Waals surface area contributed by atoms with Crippen LogP contribution in [0.15, 0.2) is 18.2 Å². The Morgan fingerprint density at radius 2 is 2.06 bits per heavy atom. The molecule has 2 rings (SSSR count). The maximum absolute atomic E-state index is 6.40. The molecule has 0 radical (unpaired) electrons. The standard InChI is InChI=1S/C14H19Cl2N/c1-14(2)7-3-4-11(14)13(17)10-8-9(15)5-6-12(10)16/h5-6,8,11,13H,3-4,7,17H2,1-2H3. The second-order valence-electron chi connectivity index (χ2n) is 5.68. The fourth-order valence-electron chi connectivity index (χ4n) is 3.01. The summed E-state index contributed by atoms with van der Waals surface area (Å²) in [5.41, 5.74) is 7.68. The minimum Gasteiger partial charge on any atom is -0.324 e. The summed E-state index contributed by atoms with van der Waals surface area (Å²) in [6, 6.07) is 5.53. The number of halogens is 2. The van der Waals surface area contributed by atoms with Gasteiger partial charge < -0.3 is 5.73 Å². The third-order valence-corrected chi connectivity index (χ3v) is 4.67. The predicted octanol–water partition coefficient (Wildman–Crippen LogP) is 4.82. The first-order valence-corrected chi connectivity index (χ1v) is 6.88. The van der Waals surface area contributed by atoms with Crippen molar-refractivity contribution in [3.05, 3.63) is 33.8 Å². The topological polar surface area (TPSA) is 26.0 Å². The highest BCUT2D eigenvalue weighted by Gasteiger charge is 2.39. The molecule has 0 spiro atoms. The van der Waals surface area contributed by atoms with Crippen molar-refractivity contribution >= 4 is 23.2 Å². The van der Waals surface area contributed by atoms with E-state index in [1.807, 2.05) is 12.1 Å². The molecule has 1 saturated carbocycles. The normalized spacial score (nSPS) is 24.9. The van der Waals surface area contributed by atoms with Crippen molar-refractivity contribution in [2.24, 2.45) is 17.1 Å². The van der Waals surface area contributed by atoms with Crippen molar-refractivity contribution in [2.75, 3.05) is 0 Å². The highest BCUT2D eigenvalue weighted by Crippen LogP contribution is 2.48. The molecule has 0 aromatic heterocycles. The molecule has 2 atom stereocenters. The molecule has 17 heavy (non-hydrogen) atoms. The minimum atomic E-state index is -0.0151. The van der Waals surface area contributed by atoms with Gasteiger partial charge in [-0.3, -0.25) is 0 Å². The van der Waals surface area contributed by atoms with Gasteiger partial charge in [0.25, 0.3) is 0 Å². The van der Waals surface area contributed by atoms with Crippen LogP contribution in [-0.4, -0.2) is 0 Å². The van der Waals surface area contributed by atoms with Crippen molar-refractivity contribution in [1.82, 2.24) is 0 Å². The molecule has 0 amide bonds. The quantitative estimate of drug-likeness (QED) is 0.820. The van der Waals surface area contributed by atoms with Crippen LogP contribution in [0.4, 0.5) is 0 Å². The maximum Gasteiger partial charge on any atom is 0.0454 e. The molecule has 0 aliphatic heterocycles. The molecule has 1 nitrogen and oxygen atoms in total. The summed E-state index contributed by atoms with van der Waals surface area (Å²) >= 11 is 12.2. The van der Waals surface area contributed by atoms with E-state index in [4.69, 9.17) is 28.9 Å². The first-order valence-electron chi connectivity index (χ1n) is 6.12. The molecule has 2 unspecified atom stereocenters. The van der Waals surface area contributed by atoms with Crippen molar-refractivity contribution in [3.8, 4) is 0 Å². The molecule has 1 aliphatic rings.